The first-order valence-electron chi connectivity index (χ1n) is 8.51. The van der Waals surface area contributed by atoms with Crippen molar-refractivity contribution in [2.24, 2.45) is 12.0 Å². The van der Waals surface area contributed by atoms with Crippen LogP contribution in [-0.2, 0) is 24.9 Å². The molecule has 142 valence electrons. The van der Waals surface area contributed by atoms with E-state index in [9.17, 15) is 0 Å². The molecule has 0 bridgehead atoms. The normalized spacial score (nSPS) is 11.7. The Balaban J connectivity index is 2.08. The van der Waals surface area contributed by atoms with Crippen LogP contribution in [0.5, 0.6) is 0 Å². The van der Waals surface area contributed by atoms with Gasteiger partial charge in [0.2, 0.25) is 0 Å². The Morgan fingerprint density at radius 1 is 1.31 bits per heavy atom. The van der Waals surface area contributed by atoms with Gasteiger partial charge in [-0.25, -0.2) is 4.99 Å². The summed E-state index contributed by atoms with van der Waals surface area (Å²) in [6.07, 6.45) is 2.08. The largest absolute Gasteiger partial charge is 0.383 e. The Morgan fingerprint density at radius 2 is 2.04 bits per heavy atom. The molecule has 2 aromatic rings. The average Bonchev–Trinajstić information content (AvgIpc) is 2.97. The van der Waals surface area contributed by atoms with E-state index in [4.69, 9.17) is 9.73 Å². The number of hydrogen-bond donors (Lipinski definition) is 1. The molecule has 0 amide bonds. The molecule has 8 heteroatoms. The first-order valence-corrected chi connectivity index (χ1v) is 9.73. The summed E-state index contributed by atoms with van der Waals surface area (Å²) in [7, 11) is 5.68. The van der Waals surface area contributed by atoms with Crippen molar-refractivity contribution in [1.82, 2.24) is 25.0 Å². The minimum atomic E-state index is 0.475. The summed E-state index contributed by atoms with van der Waals surface area (Å²) in [5.41, 5.74) is 1.24. The summed E-state index contributed by atoms with van der Waals surface area (Å²) in [6, 6.07) is 8.60. The highest BCUT2D eigenvalue weighted by Gasteiger charge is 2.09. The van der Waals surface area contributed by atoms with Gasteiger partial charge in [0.15, 0.2) is 11.8 Å². The molecule has 0 atom stereocenters. The van der Waals surface area contributed by atoms with Crippen molar-refractivity contribution >= 4 is 17.7 Å². The lowest BCUT2D eigenvalue weighted by Crippen LogP contribution is -2.40. The molecule has 0 aliphatic carbocycles. The standard InChI is InChI=1S/C18H28N6OS/c1-14-21-22-17(24(14)3)12-20-18(19-10-11-25-4)23(2)13-15-6-8-16(26-5)9-7-15/h6-9H,10-13H2,1-5H3,(H,19,20). The number of guanidine groups is 1. The summed E-state index contributed by atoms with van der Waals surface area (Å²) >= 11 is 1.75. The molecule has 26 heavy (non-hydrogen) atoms. The van der Waals surface area contributed by atoms with E-state index in [0.29, 0.717) is 19.7 Å². The van der Waals surface area contributed by atoms with E-state index >= 15 is 0 Å². The molecule has 0 saturated carbocycles. The molecule has 0 aliphatic heterocycles. The summed E-state index contributed by atoms with van der Waals surface area (Å²) in [5, 5.41) is 11.6. The second-order valence-corrected chi connectivity index (χ2v) is 6.87. The molecule has 1 aromatic carbocycles. The Kier molecular flexibility index (Phi) is 7.93. The van der Waals surface area contributed by atoms with Crippen LogP contribution in [0, 0.1) is 6.92 Å². The summed E-state index contributed by atoms with van der Waals surface area (Å²) in [4.78, 5) is 8.09. The Labute approximate surface area is 159 Å². The maximum atomic E-state index is 5.14. The van der Waals surface area contributed by atoms with E-state index in [-0.39, 0.29) is 0 Å². The lowest BCUT2D eigenvalue weighted by atomic mass is 10.2. The number of thioether (sulfide) groups is 1. The van der Waals surface area contributed by atoms with E-state index in [1.807, 2.05) is 25.6 Å². The maximum absolute atomic E-state index is 5.14. The van der Waals surface area contributed by atoms with Crippen molar-refractivity contribution in [2.75, 3.05) is 33.6 Å². The molecule has 1 heterocycles. The lowest BCUT2D eigenvalue weighted by molar-refractivity contribution is 0.203. The van der Waals surface area contributed by atoms with Gasteiger partial charge < -0.3 is 19.5 Å². The van der Waals surface area contributed by atoms with Crippen LogP contribution < -0.4 is 5.32 Å². The fourth-order valence-corrected chi connectivity index (χ4v) is 2.80. The molecular weight excluding hydrogens is 348 g/mol. The van der Waals surface area contributed by atoms with Crippen molar-refractivity contribution in [1.29, 1.82) is 0 Å². The predicted octanol–water partition coefficient (Wildman–Crippen LogP) is 2.07. The van der Waals surface area contributed by atoms with Gasteiger partial charge in [-0.15, -0.1) is 22.0 Å². The summed E-state index contributed by atoms with van der Waals surface area (Å²) in [6.45, 7) is 4.50. The highest BCUT2D eigenvalue weighted by atomic mass is 32.2. The number of nitrogens with one attached hydrogen (secondary N) is 1. The van der Waals surface area contributed by atoms with Gasteiger partial charge in [0.25, 0.3) is 0 Å². The molecule has 0 spiro atoms. The van der Waals surface area contributed by atoms with Gasteiger partial charge in [-0.3, -0.25) is 0 Å². The van der Waals surface area contributed by atoms with Crippen LogP contribution in [-0.4, -0.2) is 59.2 Å². The van der Waals surface area contributed by atoms with Crippen LogP contribution in [0.25, 0.3) is 0 Å². The highest BCUT2D eigenvalue weighted by Crippen LogP contribution is 2.15. The number of benzene rings is 1. The topological polar surface area (TPSA) is 67.6 Å². The molecule has 2 rings (SSSR count). The van der Waals surface area contributed by atoms with Gasteiger partial charge in [0.05, 0.1) is 6.61 Å². The van der Waals surface area contributed by atoms with E-state index in [1.54, 1.807) is 18.9 Å². The second kappa shape index (κ2) is 10.2. The zero-order valence-electron chi connectivity index (χ0n) is 16.2. The van der Waals surface area contributed by atoms with Crippen molar-refractivity contribution in [3.8, 4) is 0 Å². The van der Waals surface area contributed by atoms with E-state index in [0.717, 1.165) is 24.2 Å². The fraction of sp³-hybridized carbons (Fsp3) is 0.500. The number of aryl methyl sites for hydroxylation is 1. The molecule has 0 aliphatic rings. The van der Waals surface area contributed by atoms with Crippen LogP contribution in [0.3, 0.4) is 0 Å². The Hall–Kier alpha value is -2.06. The average molecular weight is 377 g/mol. The minimum absolute atomic E-state index is 0.475. The van der Waals surface area contributed by atoms with Crippen molar-refractivity contribution < 1.29 is 4.74 Å². The van der Waals surface area contributed by atoms with Gasteiger partial charge in [0.1, 0.15) is 12.4 Å². The molecule has 0 radical (unpaired) electrons. The molecule has 1 N–H and O–H groups in total. The Morgan fingerprint density at radius 3 is 2.62 bits per heavy atom. The van der Waals surface area contributed by atoms with Gasteiger partial charge in [-0.1, -0.05) is 12.1 Å². The van der Waals surface area contributed by atoms with E-state index in [1.165, 1.54) is 10.5 Å². The van der Waals surface area contributed by atoms with E-state index in [2.05, 4.69) is 50.9 Å². The number of aliphatic imine (C=N–C) groups is 1. The van der Waals surface area contributed by atoms with Gasteiger partial charge >= 0.3 is 0 Å². The third-order valence-electron chi connectivity index (χ3n) is 4.08. The minimum Gasteiger partial charge on any atom is -0.383 e. The van der Waals surface area contributed by atoms with Crippen LogP contribution in [0.4, 0.5) is 0 Å². The van der Waals surface area contributed by atoms with Crippen LogP contribution in [0.15, 0.2) is 34.2 Å². The molecule has 0 unspecified atom stereocenters. The summed E-state index contributed by atoms with van der Waals surface area (Å²) < 4.78 is 7.09. The van der Waals surface area contributed by atoms with Crippen molar-refractivity contribution in [2.45, 2.75) is 24.9 Å². The predicted molar refractivity (Wildman–Crippen MR) is 106 cm³/mol. The fourth-order valence-electron chi connectivity index (χ4n) is 2.39. The molecular formula is C18H28N6OS. The third-order valence-corrected chi connectivity index (χ3v) is 4.83. The molecule has 7 nitrogen and oxygen atoms in total. The number of aromatic nitrogens is 3. The maximum Gasteiger partial charge on any atom is 0.194 e. The first-order chi connectivity index (χ1) is 12.5. The number of hydrogen-bond acceptors (Lipinski definition) is 5. The SMILES string of the molecule is COCCNC(=NCc1nnc(C)n1C)N(C)Cc1ccc(SC)cc1. The number of methoxy groups -OCH3 is 1. The second-order valence-electron chi connectivity index (χ2n) is 5.99. The van der Waals surface area contributed by atoms with Crippen molar-refractivity contribution in [3.05, 3.63) is 41.5 Å². The summed E-state index contributed by atoms with van der Waals surface area (Å²) in [5.74, 6) is 2.54. The molecule has 0 saturated heterocycles. The quantitative estimate of drug-likeness (QED) is 0.329. The lowest BCUT2D eigenvalue weighted by Gasteiger charge is -2.22. The van der Waals surface area contributed by atoms with Crippen molar-refractivity contribution in [3.63, 3.8) is 0 Å². The van der Waals surface area contributed by atoms with Gasteiger partial charge in [-0.05, 0) is 30.9 Å². The van der Waals surface area contributed by atoms with Crippen LogP contribution in [0.1, 0.15) is 17.2 Å². The highest BCUT2D eigenvalue weighted by molar-refractivity contribution is 7.98. The van der Waals surface area contributed by atoms with Gasteiger partial charge in [-0.2, -0.15) is 0 Å². The van der Waals surface area contributed by atoms with Crippen LogP contribution >= 0.6 is 11.8 Å². The molecule has 1 aromatic heterocycles. The number of ether oxygens (including phenoxy) is 1. The smallest absolute Gasteiger partial charge is 0.194 e. The molecule has 0 fully saturated rings. The zero-order valence-corrected chi connectivity index (χ0v) is 17.0. The first kappa shape index (κ1) is 20.3. The van der Waals surface area contributed by atoms with Gasteiger partial charge in [0, 0.05) is 39.2 Å². The van der Waals surface area contributed by atoms with E-state index < -0.39 is 0 Å². The monoisotopic (exact) mass is 376 g/mol. The zero-order chi connectivity index (χ0) is 18.9. The third kappa shape index (κ3) is 5.74. The Bertz CT molecular complexity index is 713. The van der Waals surface area contributed by atoms with Crippen LogP contribution in [0.2, 0.25) is 0 Å². The number of nitrogens with zero attached hydrogens (tertiary/aromatic N) is 5. The number of rotatable bonds is 8.